The van der Waals surface area contributed by atoms with Crippen LogP contribution in [-0.2, 0) is 9.09 Å². The molecule has 1 atom stereocenters. The second-order valence-corrected chi connectivity index (χ2v) is 4.37. The maximum absolute atomic E-state index is 11.1. The lowest BCUT2D eigenvalue weighted by atomic mass is 10.2. The van der Waals surface area contributed by atoms with Gasteiger partial charge in [0.1, 0.15) is 0 Å². The van der Waals surface area contributed by atoms with Crippen molar-refractivity contribution in [2.45, 2.75) is 0 Å². The van der Waals surface area contributed by atoms with Crippen LogP contribution in [0.5, 0.6) is 5.75 Å². The van der Waals surface area contributed by atoms with E-state index in [1.807, 2.05) is 0 Å². The van der Waals surface area contributed by atoms with Gasteiger partial charge in [-0.2, -0.15) is 0 Å². The van der Waals surface area contributed by atoms with E-state index in [0.29, 0.717) is 0 Å². The fraction of sp³-hybridized carbons (Fsp3) is 0.143. The van der Waals surface area contributed by atoms with E-state index in [1.165, 1.54) is 0 Å². The van der Waals surface area contributed by atoms with Crippen LogP contribution in [0.4, 0.5) is 11.4 Å². The highest BCUT2D eigenvalue weighted by atomic mass is 31.2. The molecule has 0 saturated heterocycles. The minimum atomic E-state index is -4.54. The maximum atomic E-state index is 11.1. The summed E-state index contributed by atoms with van der Waals surface area (Å²) in [6, 6.07) is 2.91. The van der Waals surface area contributed by atoms with Crippen LogP contribution in [0.2, 0.25) is 0 Å². The molecule has 0 spiro atoms. The molecule has 1 N–H and O–H groups in total. The van der Waals surface area contributed by atoms with Crippen molar-refractivity contribution in [3.8, 4) is 5.75 Å². The summed E-state index contributed by atoms with van der Waals surface area (Å²) in [6.45, 7) is 0. The third-order valence-corrected chi connectivity index (χ3v) is 2.69. The van der Waals surface area contributed by atoms with Gasteiger partial charge in [0.15, 0.2) is 0 Å². The molecule has 0 amide bonds. The van der Waals surface area contributed by atoms with E-state index in [9.17, 15) is 24.8 Å². The second-order valence-electron chi connectivity index (χ2n) is 2.88. The van der Waals surface area contributed by atoms with E-state index in [0.717, 1.165) is 25.3 Å². The van der Waals surface area contributed by atoms with Crippen LogP contribution in [0.1, 0.15) is 0 Å². The Morgan fingerprint density at radius 2 is 1.89 bits per heavy atom. The van der Waals surface area contributed by atoms with Gasteiger partial charge in [-0.15, -0.1) is 0 Å². The lowest BCUT2D eigenvalue weighted by molar-refractivity contribution is -0.422. The van der Waals surface area contributed by atoms with Gasteiger partial charge < -0.3 is 4.52 Å². The van der Waals surface area contributed by atoms with Crippen LogP contribution in [0, 0.1) is 20.2 Å². The molecule has 1 aromatic rings. The molecule has 0 saturated carbocycles. The van der Waals surface area contributed by atoms with Gasteiger partial charge in [-0.25, -0.2) is 4.57 Å². The van der Waals surface area contributed by atoms with E-state index in [1.54, 1.807) is 0 Å². The number of hydrogen-bond acceptors (Lipinski definition) is 7. The molecule has 1 aromatic carbocycles. The summed E-state index contributed by atoms with van der Waals surface area (Å²) in [7, 11) is -3.69. The smallest absolute Gasteiger partial charge is 0.396 e. The molecular formula is C7H7N2O8P. The van der Waals surface area contributed by atoms with E-state index in [2.05, 4.69) is 9.05 Å². The first-order valence-electron chi connectivity index (χ1n) is 4.28. The van der Waals surface area contributed by atoms with Crippen molar-refractivity contribution < 1.29 is 28.4 Å². The molecule has 98 valence electrons. The van der Waals surface area contributed by atoms with Crippen LogP contribution < -0.4 is 4.52 Å². The highest BCUT2D eigenvalue weighted by Crippen LogP contribution is 2.47. The molecule has 0 fully saturated rings. The van der Waals surface area contributed by atoms with Gasteiger partial charge in [0, 0.05) is 13.2 Å². The van der Waals surface area contributed by atoms with Crippen molar-refractivity contribution >= 4 is 19.2 Å². The fourth-order valence-electron chi connectivity index (χ4n) is 1.08. The van der Waals surface area contributed by atoms with Crippen LogP contribution in [0.15, 0.2) is 18.2 Å². The first kappa shape index (κ1) is 14.0. The van der Waals surface area contributed by atoms with E-state index in [-0.39, 0.29) is 0 Å². The van der Waals surface area contributed by atoms with E-state index >= 15 is 0 Å². The van der Waals surface area contributed by atoms with E-state index in [4.69, 9.17) is 4.89 Å². The Bertz CT molecular complexity index is 544. The number of nitro groups is 2. The molecule has 1 rings (SSSR count). The molecule has 11 heteroatoms. The molecule has 10 nitrogen and oxygen atoms in total. The molecule has 1 unspecified atom stereocenters. The van der Waals surface area contributed by atoms with Gasteiger partial charge in [-0.1, -0.05) is 6.07 Å². The van der Waals surface area contributed by atoms with Crippen LogP contribution >= 0.6 is 7.82 Å². The zero-order valence-corrected chi connectivity index (χ0v) is 9.77. The van der Waals surface area contributed by atoms with Crippen molar-refractivity contribution in [2.24, 2.45) is 0 Å². The summed E-state index contributed by atoms with van der Waals surface area (Å²) in [5, 5.41) is 21.3. The largest absolute Gasteiger partial charge is 0.527 e. The molecule has 0 aliphatic rings. The van der Waals surface area contributed by atoms with Gasteiger partial charge in [0.25, 0.3) is 0 Å². The third kappa shape index (κ3) is 3.00. The quantitative estimate of drug-likeness (QED) is 0.486. The number of hydrogen-bond donors (Lipinski definition) is 1. The minimum absolute atomic E-state index is 0.720. The molecule has 0 aromatic heterocycles. The zero-order valence-electron chi connectivity index (χ0n) is 8.88. The number of para-hydroxylation sites is 1. The maximum Gasteiger partial charge on any atom is 0.527 e. The average Bonchev–Trinajstić information content (AvgIpc) is 2.27. The second kappa shape index (κ2) is 5.08. The Hall–Kier alpha value is -2.03. The van der Waals surface area contributed by atoms with Crippen molar-refractivity contribution in [1.82, 2.24) is 0 Å². The standard InChI is InChI=1S/C7H7N2O8P/c1-16-18(14,15)17-6-4-2-3-5(8(10)11)7(6)9(12)13/h2-4H,1H3,(H,14,15). The van der Waals surface area contributed by atoms with E-state index < -0.39 is 34.8 Å². The fourth-order valence-corrected chi connectivity index (χ4v) is 1.55. The Balaban J connectivity index is 3.36. The molecule has 0 aliphatic carbocycles. The van der Waals surface area contributed by atoms with Crippen LogP contribution in [0.25, 0.3) is 0 Å². The van der Waals surface area contributed by atoms with Crippen LogP contribution in [-0.4, -0.2) is 21.8 Å². The molecule has 0 radical (unpaired) electrons. The lowest BCUT2D eigenvalue weighted by Crippen LogP contribution is -2.01. The van der Waals surface area contributed by atoms with Crippen molar-refractivity contribution in [2.75, 3.05) is 7.11 Å². The monoisotopic (exact) mass is 278 g/mol. The predicted molar refractivity (Wildman–Crippen MR) is 57.2 cm³/mol. The SMILES string of the molecule is COP(=O)(O)Oc1cccc([N+](=O)[O-])c1[N+](=O)[O-]. The molecule has 0 heterocycles. The molecular weight excluding hydrogens is 271 g/mol. The number of phosphoric acid groups is 1. The Morgan fingerprint density at radius 3 is 2.33 bits per heavy atom. The first-order chi connectivity index (χ1) is 8.28. The summed E-state index contributed by atoms with van der Waals surface area (Å²) in [5.41, 5.74) is -1.87. The number of phosphoric ester groups is 1. The summed E-state index contributed by atoms with van der Waals surface area (Å²) < 4.78 is 19.6. The van der Waals surface area contributed by atoms with Gasteiger partial charge in [0.05, 0.1) is 9.85 Å². The average molecular weight is 278 g/mol. The van der Waals surface area contributed by atoms with Gasteiger partial charge in [-0.3, -0.25) is 29.6 Å². The number of benzene rings is 1. The molecule has 0 aliphatic heterocycles. The van der Waals surface area contributed by atoms with Crippen LogP contribution in [0.3, 0.4) is 0 Å². The zero-order chi connectivity index (χ0) is 13.9. The number of rotatable bonds is 5. The lowest BCUT2D eigenvalue weighted by Gasteiger charge is -2.09. The van der Waals surface area contributed by atoms with Gasteiger partial charge in [0.2, 0.25) is 5.75 Å². The Labute approximate surface area is 99.7 Å². The third-order valence-electron chi connectivity index (χ3n) is 1.80. The summed E-state index contributed by atoms with van der Waals surface area (Å²) >= 11 is 0. The highest BCUT2D eigenvalue weighted by molar-refractivity contribution is 7.47. The highest BCUT2D eigenvalue weighted by Gasteiger charge is 2.33. The molecule has 0 bridgehead atoms. The predicted octanol–water partition coefficient (Wildman–Crippen LogP) is 1.63. The number of nitrogens with zero attached hydrogens (tertiary/aromatic N) is 2. The molecule has 18 heavy (non-hydrogen) atoms. The first-order valence-corrected chi connectivity index (χ1v) is 5.78. The van der Waals surface area contributed by atoms with Gasteiger partial charge in [-0.05, 0) is 6.07 Å². The Morgan fingerprint density at radius 1 is 1.28 bits per heavy atom. The Kier molecular flexibility index (Phi) is 3.96. The number of nitro benzene ring substituents is 2. The normalized spacial score (nSPS) is 13.7. The summed E-state index contributed by atoms with van der Waals surface area (Å²) in [4.78, 5) is 28.3. The minimum Gasteiger partial charge on any atom is -0.396 e. The van der Waals surface area contributed by atoms with Crippen molar-refractivity contribution in [3.63, 3.8) is 0 Å². The van der Waals surface area contributed by atoms with Crippen molar-refractivity contribution in [3.05, 3.63) is 38.4 Å². The topological polar surface area (TPSA) is 142 Å². The van der Waals surface area contributed by atoms with Gasteiger partial charge >= 0.3 is 19.2 Å². The van der Waals surface area contributed by atoms with Crippen molar-refractivity contribution in [1.29, 1.82) is 0 Å². The summed E-state index contributed by atoms with van der Waals surface area (Å²) in [6.07, 6.45) is 0. The summed E-state index contributed by atoms with van der Waals surface area (Å²) in [5.74, 6) is -0.720.